The summed E-state index contributed by atoms with van der Waals surface area (Å²) in [5, 5.41) is 20.7. The number of phosphoric acid groups is 2. The SMILES string of the molecule is CC/C=C\C/C=C\C/C=C\C/C=C\C/C=C\CCCCCCCCCCCCCCCCCC(=O)OCC(O)COP(=O)(O)OCC(O)COP(=O)(O)OCC(COC(=O)CCCCCCC/C=C\C/C=C\C/C=C\C/C=C\C/C=C\CC)OC(=O)CCCCCCCCC/C=C\C/C=C\C/C=C\CC. The van der Waals surface area contributed by atoms with Crippen molar-refractivity contribution in [3.05, 3.63) is 158 Å². The first-order valence-corrected chi connectivity index (χ1v) is 43.8. The van der Waals surface area contributed by atoms with Crippen molar-refractivity contribution in [2.45, 2.75) is 334 Å². The van der Waals surface area contributed by atoms with Crippen LogP contribution >= 0.6 is 15.6 Å². The summed E-state index contributed by atoms with van der Waals surface area (Å²) in [5.74, 6) is -1.61. The van der Waals surface area contributed by atoms with Crippen LogP contribution in [0.5, 0.6) is 0 Å². The number of esters is 3. The standard InChI is InChI=1S/C87H146O16P2/c1-4-7-10-13-16-19-22-25-28-31-33-35-36-37-38-39-40-41-42-43-44-46-48-50-52-55-58-61-64-67-70-73-85(90)97-76-82(88)77-99-104(93,94)100-78-83(89)79-101-105(95,96)102-81-84(103-87(92)75-72-69-66-63-60-57-54-49-30-27-24-21-18-15-12-9-6-3)80-98-86(91)74-71-68-65-62-59-56-53-51-47-45-34-32-29-26-23-20-17-14-11-8-5-2/h7-12,16-21,25-30,33-35,37-38,45,51,53,82-84,88-89H,4-6,13-15,22-24,31-32,36,39-44,46-50,52,54-81H2,1-3H3,(H,93,94)(H,95,96)/b10-7-,11-8-,12-9-,19-16-,20-17-,21-18-,28-25-,29-26-,30-27-,35-33-,38-37-,45-34-,53-51-. The number of aliphatic hydroxyl groups is 2. The molecule has 4 N–H and O–H groups in total. The maximum absolute atomic E-state index is 13.0. The van der Waals surface area contributed by atoms with Crippen LogP contribution in [-0.2, 0) is 55.8 Å². The van der Waals surface area contributed by atoms with Gasteiger partial charge in [-0.3, -0.25) is 32.5 Å². The van der Waals surface area contributed by atoms with Crippen LogP contribution in [0.25, 0.3) is 0 Å². The third kappa shape index (κ3) is 80.0. The van der Waals surface area contributed by atoms with Gasteiger partial charge in [0.05, 0.1) is 26.4 Å². The molecule has 0 saturated carbocycles. The minimum Gasteiger partial charge on any atom is -0.463 e. The van der Waals surface area contributed by atoms with Crippen molar-refractivity contribution in [3.8, 4) is 0 Å². The second-order valence-electron chi connectivity index (χ2n) is 26.8. The molecule has 18 heteroatoms. The van der Waals surface area contributed by atoms with Crippen LogP contribution in [0.1, 0.15) is 316 Å². The largest absolute Gasteiger partial charge is 0.472 e. The maximum Gasteiger partial charge on any atom is 0.472 e. The number of phosphoric ester groups is 2. The van der Waals surface area contributed by atoms with Gasteiger partial charge in [0, 0.05) is 19.3 Å². The Labute approximate surface area is 638 Å². The molecule has 0 amide bonds. The second-order valence-corrected chi connectivity index (χ2v) is 29.7. The fourth-order valence-corrected chi connectivity index (χ4v) is 12.2. The Bertz CT molecular complexity index is 2540. The Morgan fingerprint density at radius 2 is 0.476 bits per heavy atom. The van der Waals surface area contributed by atoms with E-state index in [1.54, 1.807) is 0 Å². The van der Waals surface area contributed by atoms with Crippen molar-refractivity contribution < 1.29 is 75.8 Å². The summed E-state index contributed by atoms with van der Waals surface area (Å²) >= 11 is 0. The van der Waals surface area contributed by atoms with Crippen molar-refractivity contribution in [2.24, 2.45) is 0 Å². The molecular formula is C87H146O16P2. The van der Waals surface area contributed by atoms with E-state index in [4.69, 9.17) is 32.3 Å². The molecule has 5 atom stereocenters. The lowest BCUT2D eigenvalue weighted by atomic mass is 10.0. The van der Waals surface area contributed by atoms with E-state index in [1.807, 2.05) is 0 Å². The highest BCUT2D eigenvalue weighted by molar-refractivity contribution is 7.47. The zero-order valence-electron chi connectivity index (χ0n) is 65.6. The van der Waals surface area contributed by atoms with Crippen LogP contribution in [-0.4, -0.2) is 95.9 Å². The van der Waals surface area contributed by atoms with Gasteiger partial charge in [-0.15, -0.1) is 0 Å². The molecule has 0 aliphatic rings. The number of aliphatic hydroxyl groups excluding tert-OH is 2. The first kappa shape index (κ1) is 100. The summed E-state index contributed by atoms with van der Waals surface area (Å²) in [6, 6.07) is 0. The lowest BCUT2D eigenvalue weighted by Gasteiger charge is -2.21. The molecule has 0 heterocycles. The number of allylic oxidation sites excluding steroid dienone is 26. The van der Waals surface area contributed by atoms with Crippen molar-refractivity contribution in [1.82, 2.24) is 0 Å². The predicted octanol–water partition coefficient (Wildman–Crippen LogP) is 24.2. The highest BCUT2D eigenvalue weighted by atomic mass is 31.2. The van der Waals surface area contributed by atoms with Crippen LogP contribution < -0.4 is 0 Å². The zero-order chi connectivity index (χ0) is 76.6. The number of carbonyl (C=O) groups is 3. The molecule has 0 rings (SSSR count). The highest BCUT2D eigenvalue weighted by Gasteiger charge is 2.29. The molecule has 5 unspecified atom stereocenters. The summed E-state index contributed by atoms with van der Waals surface area (Å²) in [5.41, 5.74) is 0. The van der Waals surface area contributed by atoms with E-state index in [2.05, 4.69) is 179 Å². The van der Waals surface area contributed by atoms with Gasteiger partial charge in [0.1, 0.15) is 25.4 Å². The van der Waals surface area contributed by atoms with Crippen LogP contribution in [0, 0.1) is 0 Å². The molecular weight excluding hydrogens is 1360 g/mol. The van der Waals surface area contributed by atoms with E-state index in [1.165, 1.54) is 77.0 Å². The lowest BCUT2D eigenvalue weighted by molar-refractivity contribution is -0.161. The van der Waals surface area contributed by atoms with Crippen LogP contribution in [0.2, 0.25) is 0 Å². The summed E-state index contributed by atoms with van der Waals surface area (Å²) in [7, 11) is -9.81. The molecule has 16 nitrogen and oxygen atoms in total. The van der Waals surface area contributed by atoms with Gasteiger partial charge in [0.25, 0.3) is 0 Å². The number of carbonyl (C=O) groups excluding carboxylic acids is 3. The first-order chi connectivity index (χ1) is 51.2. The molecule has 0 radical (unpaired) electrons. The minimum absolute atomic E-state index is 0.0844. The van der Waals surface area contributed by atoms with Crippen LogP contribution in [0.15, 0.2) is 158 Å². The van der Waals surface area contributed by atoms with Crippen molar-refractivity contribution in [3.63, 3.8) is 0 Å². The molecule has 105 heavy (non-hydrogen) atoms. The molecule has 0 aliphatic carbocycles. The molecule has 0 aromatic heterocycles. The predicted molar refractivity (Wildman–Crippen MR) is 435 cm³/mol. The van der Waals surface area contributed by atoms with Gasteiger partial charge in [-0.05, 0) is 141 Å². The molecule has 0 bridgehead atoms. The van der Waals surface area contributed by atoms with Gasteiger partial charge >= 0.3 is 33.6 Å². The van der Waals surface area contributed by atoms with Gasteiger partial charge in [0.15, 0.2) is 6.10 Å². The maximum atomic E-state index is 13.0. The Kier molecular flexibility index (Phi) is 75.1. The van der Waals surface area contributed by atoms with Crippen LogP contribution in [0.3, 0.4) is 0 Å². The van der Waals surface area contributed by atoms with Gasteiger partial charge in [-0.1, -0.05) is 314 Å². The van der Waals surface area contributed by atoms with E-state index in [0.717, 1.165) is 180 Å². The molecule has 0 aromatic carbocycles. The fraction of sp³-hybridized carbons (Fsp3) is 0.667. The molecule has 0 fully saturated rings. The van der Waals surface area contributed by atoms with Gasteiger partial charge in [0.2, 0.25) is 0 Å². The van der Waals surface area contributed by atoms with Gasteiger partial charge < -0.3 is 34.2 Å². The normalized spacial score (nSPS) is 14.8. The van der Waals surface area contributed by atoms with E-state index in [-0.39, 0.29) is 19.3 Å². The van der Waals surface area contributed by atoms with E-state index < -0.39 is 91.5 Å². The number of rotatable bonds is 76. The smallest absolute Gasteiger partial charge is 0.463 e. The van der Waals surface area contributed by atoms with E-state index in [0.29, 0.717) is 19.3 Å². The Morgan fingerprint density at radius 1 is 0.267 bits per heavy atom. The van der Waals surface area contributed by atoms with Gasteiger partial charge in [-0.25, -0.2) is 9.13 Å². The average molecular weight is 1510 g/mol. The van der Waals surface area contributed by atoms with E-state index in [9.17, 15) is 43.5 Å². The van der Waals surface area contributed by atoms with Crippen molar-refractivity contribution in [1.29, 1.82) is 0 Å². The molecule has 600 valence electrons. The minimum atomic E-state index is -4.94. The van der Waals surface area contributed by atoms with Crippen LogP contribution in [0.4, 0.5) is 0 Å². The van der Waals surface area contributed by atoms with E-state index >= 15 is 0 Å². The number of hydrogen-bond acceptors (Lipinski definition) is 14. The molecule has 0 aromatic rings. The lowest BCUT2D eigenvalue weighted by Crippen LogP contribution is -2.30. The van der Waals surface area contributed by atoms with Crippen molar-refractivity contribution >= 4 is 33.6 Å². The molecule has 0 saturated heterocycles. The van der Waals surface area contributed by atoms with Crippen molar-refractivity contribution in [2.75, 3.05) is 39.6 Å². The second kappa shape index (κ2) is 78.7. The Hall–Kier alpha value is -4.83. The topological polar surface area (TPSA) is 231 Å². The highest BCUT2D eigenvalue weighted by Crippen LogP contribution is 2.45. The third-order valence-electron chi connectivity index (χ3n) is 16.7. The summed E-state index contributed by atoms with van der Waals surface area (Å²) in [6.07, 6.45) is 98.6. The van der Waals surface area contributed by atoms with Gasteiger partial charge in [-0.2, -0.15) is 0 Å². The molecule has 0 spiro atoms. The number of hydrogen-bond donors (Lipinski definition) is 4. The Morgan fingerprint density at radius 3 is 0.752 bits per heavy atom. The number of unbranched alkanes of at least 4 members (excludes halogenated alkanes) is 27. The summed E-state index contributed by atoms with van der Waals surface area (Å²) in [6.45, 7) is 2.32. The Balaban J connectivity index is 4.54. The monoisotopic (exact) mass is 1510 g/mol. The molecule has 0 aliphatic heterocycles. The quantitative estimate of drug-likeness (QED) is 0.0146. The zero-order valence-corrected chi connectivity index (χ0v) is 67.4. The average Bonchev–Trinajstić information content (AvgIpc) is 0.917. The summed E-state index contributed by atoms with van der Waals surface area (Å²) < 4.78 is 61.2. The number of ether oxygens (including phenoxy) is 3. The first-order valence-electron chi connectivity index (χ1n) is 40.8. The fourth-order valence-electron chi connectivity index (χ4n) is 10.6. The summed E-state index contributed by atoms with van der Waals surface area (Å²) in [4.78, 5) is 58.7. The third-order valence-corrected chi connectivity index (χ3v) is 18.6.